The summed E-state index contributed by atoms with van der Waals surface area (Å²) >= 11 is 0. The third-order valence-electron chi connectivity index (χ3n) is 4.88. The molecule has 0 bridgehead atoms. The van der Waals surface area contributed by atoms with Gasteiger partial charge in [0.25, 0.3) is 0 Å². The first-order valence-electron chi connectivity index (χ1n) is 8.47. The van der Waals surface area contributed by atoms with Crippen molar-refractivity contribution in [1.82, 2.24) is 5.32 Å². The summed E-state index contributed by atoms with van der Waals surface area (Å²) in [5, 5.41) is 12.4. The molecule has 0 radical (unpaired) electrons. The summed E-state index contributed by atoms with van der Waals surface area (Å²) < 4.78 is 0. The van der Waals surface area contributed by atoms with E-state index in [1.165, 1.54) is 43.2 Å². The largest absolute Gasteiger partial charge is 0.389 e. The number of nitrogens with zero attached hydrogens (tertiary/aromatic N) is 1. The lowest BCUT2D eigenvalue weighted by Gasteiger charge is -2.29. The van der Waals surface area contributed by atoms with Crippen LogP contribution in [0.4, 0.5) is 0 Å². The zero-order chi connectivity index (χ0) is 15.9. The number of nitriles is 1. The van der Waals surface area contributed by atoms with Gasteiger partial charge in [-0.25, -0.2) is 0 Å². The van der Waals surface area contributed by atoms with Crippen LogP contribution in [0.15, 0.2) is 30.5 Å². The van der Waals surface area contributed by atoms with E-state index in [9.17, 15) is 0 Å². The Bertz CT molecular complexity index is 553. The highest BCUT2D eigenvalue weighted by molar-refractivity contribution is 5.37. The molecule has 2 rings (SSSR count). The van der Waals surface area contributed by atoms with Gasteiger partial charge in [-0.1, -0.05) is 25.5 Å². The van der Waals surface area contributed by atoms with E-state index in [-0.39, 0.29) is 0 Å². The van der Waals surface area contributed by atoms with Crippen molar-refractivity contribution in [2.75, 3.05) is 6.54 Å². The van der Waals surface area contributed by atoms with Crippen molar-refractivity contribution in [2.24, 2.45) is 11.8 Å². The highest BCUT2D eigenvalue weighted by Crippen LogP contribution is 2.32. The highest BCUT2D eigenvalue weighted by atomic mass is 14.9. The molecule has 1 aromatic carbocycles. The van der Waals surface area contributed by atoms with E-state index in [0.717, 1.165) is 36.1 Å². The Hall–Kier alpha value is -1.75. The van der Waals surface area contributed by atoms with Gasteiger partial charge in [-0.15, -0.1) is 0 Å². The zero-order valence-electron chi connectivity index (χ0n) is 14.0. The molecular formula is C20H28N2. The molecule has 2 heteroatoms. The van der Waals surface area contributed by atoms with Crippen LogP contribution in [-0.4, -0.2) is 6.54 Å². The Morgan fingerprint density at radius 2 is 2.14 bits per heavy atom. The lowest BCUT2D eigenvalue weighted by atomic mass is 9.78. The van der Waals surface area contributed by atoms with Crippen molar-refractivity contribution in [3.8, 4) is 6.07 Å². The molecule has 1 aromatic rings. The molecule has 0 spiro atoms. The van der Waals surface area contributed by atoms with E-state index < -0.39 is 0 Å². The normalized spacial score (nSPS) is 21.1. The average molecular weight is 296 g/mol. The van der Waals surface area contributed by atoms with Gasteiger partial charge in [-0.05, 0) is 74.6 Å². The molecule has 0 heterocycles. The van der Waals surface area contributed by atoms with Crippen LogP contribution >= 0.6 is 0 Å². The molecule has 1 aliphatic carbocycles. The molecule has 118 valence electrons. The van der Waals surface area contributed by atoms with Crippen LogP contribution in [0.2, 0.25) is 0 Å². The first-order chi connectivity index (χ1) is 10.6. The molecule has 1 aliphatic rings. The summed E-state index contributed by atoms with van der Waals surface area (Å²) in [7, 11) is 0. The van der Waals surface area contributed by atoms with Crippen molar-refractivity contribution in [1.29, 1.82) is 5.26 Å². The molecule has 0 amide bonds. The van der Waals surface area contributed by atoms with Gasteiger partial charge in [0.15, 0.2) is 0 Å². The van der Waals surface area contributed by atoms with Crippen molar-refractivity contribution in [3.63, 3.8) is 0 Å². The molecular weight excluding hydrogens is 268 g/mol. The number of benzene rings is 1. The number of hydrogen-bond donors (Lipinski definition) is 1. The van der Waals surface area contributed by atoms with Gasteiger partial charge < -0.3 is 5.32 Å². The van der Waals surface area contributed by atoms with Crippen LogP contribution in [0.3, 0.4) is 0 Å². The van der Waals surface area contributed by atoms with Gasteiger partial charge in [0.05, 0.1) is 11.6 Å². The monoisotopic (exact) mass is 296 g/mol. The Labute approximate surface area is 135 Å². The fourth-order valence-electron chi connectivity index (χ4n) is 3.54. The number of allylic oxidation sites excluding steroid dienone is 1. The lowest BCUT2D eigenvalue weighted by molar-refractivity contribution is 0.252. The van der Waals surface area contributed by atoms with Crippen LogP contribution < -0.4 is 5.32 Å². The first kappa shape index (κ1) is 16.6. The van der Waals surface area contributed by atoms with Crippen molar-refractivity contribution < 1.29 is 0 Å². The topological polar surface area (TPSA) is 35.8 Å². The van der Waals surface area contributed by atoms with Crippen LogP contribution in [0, 0.1) is 30.1 Å². The Morgan fingerprint density at radius 3 is 2.86 bits per heavy atom. The molecule has 0 aliphatic heterocycles. The average Bonchev–Trinajstić information content (AvgIpc) is 2.52. The summed E-state index contributed by atoms with van der Waals surface area (Å²) in [6.07, 6.45) is 7.74. The minimum atomic E-state index is 0.785. The second-order valence-corrected chi connectivity index (χ2v) is 6.85. The summed E-state index contributed by atoms with van der Waals surface area (Å²) in [4.78, 5) is 0. The maximum absolute atomic E-state index is 9.04. The minimum Gasteiger partial charge on any atom is -0.389 e. The molecule has 2 unspecified atom stereocenters. The molecule has 22 heavy (non-hydrogen) atoms. The maximum Gasteiger partial charge on any atom is 0.0991 e. The molecule has 0 aromatic heterocycles. The molecule has 2 atom stereocenters. The maximum atomic E-state index is 9.04. The summed E-state index contributed by atoms with van der Waals surface area (Å²) in [6, 6.07) is 8.31. The number of rotatable bonds is 6. The Balaban J connectivity index is 1.86. The summed E-state index contributed by atoms with van der Waals surface area (Å²) in [5.41, 5.74) is 4.52. The smallest absolute Gasteiger partial charge is 0.0991 e. The standard InChI is InChI=1S/C20H28N2/c1-15(2)22-14-19-6-4-5-17(11-19)9-10-20-12-18(13-21)8-7-16(20)3/h7-8,12,17,19,22H,1,4-6,9-11,14H2,2-3H3. The summed E-state index contributed by atoms with van der Waals surface area (Å²) in [5.74, 6) is 1.62. The number of nitrogens with one attached hydrogen (secondary N) is 1. The van der Waals surface area contributed by atoms with Gasteiger partial charge in [0.2, 0.25) is 0 Å². The predicted molar refractivity (Wildman–Crippen MR) is 92.5 cm³/mol. The zero-order valence-corrected chi connectivity index (χ0v) is 14.0. The van der Waals surface area contributed by atoms with Crippen LogP contribution in [0.5, 0.6) is 0 Å². The molecule has 1 fully saturated rings. The van der Waals surface area contributed by atoms with Crippen LogP contribution in [-0.2, 0) is 6.42 Å². The van der Waals surface area contributed by atoms with Crippen molar-refractivity contribution >= 4 is 0 Å². The third-order valence-corrected chi connectivity index (χ3v) is 4.88. The van der Waals surface area contributed by atoms with E-state index in [0.29, 0.717) is 0 Å². The van der Waals surface area contributed by atoms with E-state index in [1.54, 1.807) is 0 Å². The van der Waals surface area contributed by atoms with Crippen LogP contribution in [0.1, 0.15) is 55.7 Å². The Kier molecular flexibility index (Phi) is 6.07. The van der Waals surface area contributed by atoms with Gasteiger partial charge in [-0.3, -0.25) is 0 Å². The second kappa shape index (κ2) is 8.03. The quantitative estimate of drug-likeness (QED) is 0.824. The second-order valence-electron chi connectivity index (χ2n) is 6.85. The van der Waals surface area contributed by atoms with Crippen LogP contribution in [0.25, 0.3) is 0 Å². The van der Waals surface area contributed by atoms with Gasteiger partial charge in [-0.2, -0.15) is 5.26 Å². The molecule has 0 saturated heterocycles. The fourth-order valence-corrected chi connectivity index (χ4v) is 3.54. The van der Waals surface area contributed by atoms with Gasteiger partial charge in [0.1, 0.15) is 0 Å². The first-order valence-corrected chi connectivity index (χ1v) is 8.47. The SMILES string of the molecule is C=C(C)NCC1CCCC(CCc2cc(C#N)ccc2C)C1. The third kappa shape index (κ3) is 4.91. The number of hydrogen-bond acceptors (Lipinski definition) is 2. The van der Waals surface area contributed by atoms with E-state index in [1.807, 2.05) is 13.0 Å². The molecule has 2 nitrogen and oxygen atoms in total. The van der Waals surface area contributed by atoms with Crippen molar-refractivity contribution in [2.45, 2.75) is 52.4 Å². The number of aryl methyl sites for hydroxylation is 2. The molecule has 1 N–H and O–H groups in total. The van der Waals surface area contributed by atoms with Gasteiger partial charge >= 0.3 is 0 Å². The van der Waals surface area contributed by atoms with E-state index in [4.69, 9.17) is 5.26 Å². The summed E-state index contributed by atoms with van der Waals surface area (Å²) in [6.45, 7) is 9.18. The molecule has 1 saturated carbocycles. The fraction of sp³-hybridized carbons (Fsp3) is 0.550. The highest BCUT2D eigenvalue weighted by Gasteiger charge is 2.21. The Morgan fingerprint density at radius 1 is 1.36 bits per heavy atom. The van der Waals surface area contributed by atoms with E-state index >= 15 is 0 Å². The minimum absolute atomic E-state index is 0.785. The predicted octanol–water partition coefficient (Wildman–Crippen LogP) is 4.73. The lowest BCUT2D eigenvalue weighted by Crippen LogP contribution is -2.26. The van der Waals surface area contributed by atoms with Gasteiger partial charge in [0, 0.05) is 12.2 Å². The van der Waals surface area contributed by atoms with E-state index in [2.05, 4.69) is 37.0 Å². The van der Waals surface area contributed by atoms with Crippen molar-refractivity contribution in [3.05, 3.63) is 47.2 Å².